The number of halogens is 2. The third-order valence-electron chi connectivity index (χ3n) is 2.07. The van der Waals surface area contributed by atoms with E-state index >= 15 is 0 Å². The van der Waals surface area contributed by atoms with Crippen molar-refractivity contribution in [3.63, 3.8) is 0 Å². The van der Waals surface area contributed by atoms with Crippen molar-refractivity contribution < 1.29 is 8.78 Å². The minimum Gasteiger partial charge on any atom is -0.384 e. The van der Waals surface area contributed by atoms with E-state index in [1.54, 1.807) is 12.3 Å². The smallest absolute Gasteiger partial charge is 0.159 e. The van der Waals surface area contributed by atoms with Gasteiger partial charge in [0.1, 0.15) is 5.82 Å². The predicted octanol–water partition coefficient (Wildman–Crippen LogP) is 1.79. The zero-order valence-electron chi connectivity index (χ0n) is 7.82. The zero-order chi connectivity index (χ0) is 10.8. The number of rotatable bonds is 2. The molecule has 0 radical (unpaired) electrons. The Morgan fingerprint density at radius 1 is 1.20 bits per heavy atom. The summed E-state index contributed by atoms with van der Waals surface area (Å²) in [7, 11) is 0. The Morgan fingerprint density at radius 3 is 2.60 bits per heavy atom. The Labute approximate surface area is 85.1 Å². The molecule has 0 aliphatic rings. The van der Waals surface area contributed by atoms with Crippen molar-refractivity contribution in [1.82, 2.24) is 9.78 Å². The molecule has 0 bridgehead atoms. The monoisotopic (exact) mass is 209 g/mol. The molecule has 2 aromatic rings. The molecule has 1 aromatic carbocycles. The van der Waals surface area contributed by atoms with Crippen molar-refractivity contribution in [3.05, 3.63) is 47.7 Å². The standard InChI is InChI=1S/C10H9F2N3/c11-8-2-1-7(5-9(8)12)6-15-10(13)3-4-14-15/h1-5H,6,13H2. The lowest BCUT2D eigenvalue weighted by atomic mass is 10.2. The lowest BCUT2D eigenvalue weighted by molar-refractivity contribution is 0.506. The van der Waals surface area contributed by atoms with E-state index in [-0.39, 0.29) is 0 Å². The molecule has 1 heterocycles. The van der Waals surface area contributed by atoms with Crippen LogP contribution in [-0.2, 0) is 6.54 Å². The van der Waals surface area contributed by atoms with Gasteiger partial charge in [0, 0.05) is 0 Å². The third-order valence-corrected chi connectivity index (χ3v) is 2.07. The van der Waals surface area contributed by atoms with E-state index in [1.807, 2.05) is 0 Å². The number of nitrogen functional groups attached to an aromatic ring is 1. The molecule has 1 aromatic heterocycles. The SMILES string of the molecule is Nc1ccnn1Cc1ccc(F)c(F)c1. The van der Waals surface area contributed by atoms with Crippen LogP contribution in [0.25, 0.3) is 0 Å². The summed E-state index contributed by atoms with van der Waals surface area (Å²) in [6.07, 6.45) is 1.55. The number of benzene rings is 1. The molecule has 0 spiro atoms. The lowest BCUT2D eigenvalue weighted by Crippen LogP contribution is -2.06. The Morgan fingerprint density at radius 2 is 2.00 bits per heavy atom. The molecule has 2 rings (SSSR count). The minimum absolute atomic E-state index is 0.329. The van der Waals surface area contributed by atoms with Gasteiger partial charge in [-0.15, -0.1) is 0 Å². The van der Waals surface area contributed by atoms with Gasteiger partial charge in [-0.05, 0) is 23.8 Å². The first-order valence-electron chi connectivity index (χ1n) is 4.38. The third kappa shape index (κ3) is 1.96. The van der Waals surface area contributed by atoms with Crippen LogP contribution in [-0.4, -0.2) is 9.78 Å². The Hall–Kier alpha value is -1.91. The fourth-order valence-electron chi connectivity index (χ4n) is 1.29. The van der Waals surface area contributed by atoms with Gasteiger partial charge in [0.05, 0.1) is 12.7 Å². The molecule has 5 heteroatoms. The van der Waals surface area contributed by atoms with Crippen LogP contribution in [0.3, 0.4) is 0 Å². The average Bonchev–Trinajstić information content (AvgIpc) is 2.59. The zero-order valence-corrected chi connectivity index (χ0v) is 7.82. The van der Waals surface area contributed by atoms with Crippen LogP contribution in [0.5, 0.6) is 0 Å². The molecular weight excluding hydrogens is 200 g/mol. The number of hydrogen-bond acceptors (Lipinski definition) is 2. The van der Waals surface area contributed by atoms with E-state index < -0.39 is 11.6 Å². The van der Waals surface area contributed by atoms with E-state index in [9.17, 15) is 8.78 Å². The maximum absolute atomic E-state index is 12.9. The fourth-order valence-corrected chi connectivity index (χ4v) is 1.29. The van der Waals surface area contributed by atoms with Crippen LogP contribution in [0.2, 0.25) is 0 Å². The summed E-state index contributed by atoms with van der Waals surface area (Å²) >= 11 is 0. The van der Waals surface area contributed by atoms with Crippen LogP contribution in [0.1, 0.15) is 5.56 Å². The van der Waals surface area contributed by atoms with E-state index in [0.717, 1.165) is 12.1 Å². The Bertz CT molecular complexity index is 479. The summed E-state index contributed by atoms with van der Waals surface area (Å²) in [5.41, 5.74) is 6.20. The first kappa shape index (κ1) is 9.64. The van der Waals surface area contributed by atoms with Crippen LogP contribution in [0.15, 0.2) is 30.5 Å². The molecule has 0 saturated heterocycles. The van der Waals surface area contributed by atoms with Crippen molar-refractivity contribution >= 4 is 5.82 Å². The number of hydrogen-bond donors (Lipinski definition) is 1. The lowest BCUT2D eigenvalue weighted by Gasteiger charge is -2.04. The van der Waals surface area contributed by atoms with Gasteiger partial charge in [-0.3, -0.25) is 0 Å². The minimum atomic E-state index is -0.863. The maximum atomic E-state index is 12.9. The van der Waals surface area contributed by atoms with Crippen molar-refractivity contribution in [2.45, 2.75) is 6.54 Å². The number of anilines is 1. The van der Waals surface area contributed by atoms with Crippen LogP contribution in [0, 0.1) is 11.6 Å². The van der Waals surface area contributed by atoms with Gasteiger partial charge in [0.15, 0.2) is 11.6 Å². The molecule has 0 saturated carbocycles. The number of nitrogens with two attached hydrogens (primary N) is 1. The molecule has 78 valence electrons. The molecule has 0 fully saturated rings. The Balaban J connectivity index is 2.25. The second kappa shape index (κ2) is 3.68. The van der Waals surface area contributed by atoms with Crippen molar-refractivity contribution in [2.24, 2.45) is 0 Å². The van der Waals surface area contributed by atoms with Gasteiger partial charge < -0.3 is 5.73 Å². The molecule has 0 amide bonds. The van der Waals surface area contributed by atoms with E-state index in [0.29, 0.717) is 17.9 Å². The van der Waals surface area contributed by atoms with E-state index in [4.69, 9.17) is 5.73 Å². The number of aromatic nitrogens is 2. The van der Waals surface area contributed by atoms with Crippen molar-refractivity contribution in [3.8, 4) is 0 Å². The highest BCUT2D eigenvalue weighted by molar-refractivity contribution is 5.28. The predicted molar refractivity (Wildman–Crippen MR) is 52.1 cm³/mol. The molecule has 0 atom stereocenters. The number of nitrogens with zero attached hydrogens (tertiary/aromatic N) is 2. The van der Waals surface area contributed by atoms with Gasteiger partial charge >= 0.3 is 0 Å². The molecule has 3 nitrogen and oxygen atoms in total. The van der Waals surface area contributed by atoms with Crippen LogP contribution in [0.4, 0.5) is 14.6 Å². The molecule has 0 aliphatic carbocycles. The van der Waals surface area contributed by atoms with Gasteiger partial charge in [0.25, 0.3) is 0 Å². The maximum Gasteiger partial charge on any atom is 0.159 e. The van der Waals surface area contributed by atoms with Crippen LogP contribution < -0.4 is 5.73 Å². The van der Waals surface area contributed by atoms with E-state index in [1.165, 1.54) is 10.7 Å². The summed E-state index contributed by atoms with van der Waals surface area (Å²) in [6, 6.07) is 5.36. The largest absolute Gasteiger partial charge is 0.384 e. The second-order valence-corrected chi connectivity index (χ2v) is 3.16. The summed E-state index contributed by atoms with van der Waals surface area (Å²) in [5.74, 6) is -1.23. The Kier molecular flexibility index (Phi) is 2.37. The molecular formula is C10H9F2N3. The van der Waals surface area contributed by atoms with Gasteiger partial charge in [-0.1, -0.05) is 6.07 Å². The molecule has 0 unspecified atom stereocenters. The first-order chi connectivity index (χ1) is 7.16. The van der Waals surface area contributed by atoms with Crippen molar-refractivity contribution in [1.29, 1.82) is 0 Å². The van der Waals surface area contributed by atoms with E-state index in [2.05, 4.69) is 5.10 Å². The summed E-state index contributed by atoms with van der Waals surface area (Å²) < 4.78 is 27.0. The van der Waals surface area contributed by atoms with Crippen molar-refractivity contribution in [2.75, 3.05) is 5.73 Å². The average molecular weight is 209 g/mol. The topological polar surface area (TPSA) is 43.8 Å². The quantitative estimate of drug-likeness (QED) is 0.819. The van der Waals surface area contributed by atoms with Gasteiger partial charge in [0.2, 0.25) is 0 Å². The summed E-state index contributed by atoms with van der Waals surface area (Å²) in [6.45, 7) is 0.329. The summed E-state index contributed by atoms with van der Waals surface area (Å²) in [5, 5.41) is 3.94. The van der Waals surface area contributed by atoms with Gasteiger partial charge in [-0.25, -0.2) is 13.5 Å². The first-order valence-corrected chi connectivity index (χ1v) is 4.38. The molecule has 2 N–H and O–H groups in total. The highest BCUT2D eigenvalue weighted by Crippen LogP contribution is 2.11. The molecule has 0 aliphatic heterocycles. The highest BCUT2D eigenvalue weighted by Gasteiger charge is 2.04. The normalized spacial score (nSPS) is 10.5. The second-order valence-electron chi connectivity index (χ2n) is 3.16. The highest BCUT2D eigenvalue weighted by atomic mass is 19.2. The van der Waals surface area contributed by atoms with Gasteiger partial charge in [-0.2, -0.15) is 5.10 Å². The molecule has 15 heavy (non-hydrogen) atoms. The van der Waals surface area contributed by atoms with Crippen LogP contribution >= 0.6 is 0 Å². The fraction of sp³-hybridized carbons (Fsp3) is 0.100. The summed E-state index contributed by atoms with van der Waals surface area (Å²) in [4.78, 5) is 0.